The molecule has 1 saturated heterocycles. The third-order valence-corrected chi connectivity index (χ3v) is 2.42. The minimum absolute atomic E-state index is 0.491. The third-order valence-electron chi connectivity index (χ3n) is 2.22. The number of hydrogen-bond acceptors (Lipinski definition) is 4. The summed E-state index contributed by atoms with van der Waals surface area (Å²) in [5.74, 6) is 1.52. The van der Waals surface area contributed by atoms with Crippen molar-refractivity contribution < 1.29 is 0 Å². The SMILES string of the molecule is Cc1nc(Cl)cc(NC2CN(C)C2)n1. The third kappa shape index (κ3) is 2.13. The van der Waals surface area contributed by atoms with E-state index in [-0.39, 0.29) is 0 Å². The molecule has 76 valence electrons. The lowest BCUT2D eigenvalue weighted by Gasteiger charge is -2.36. The Balaban J connectivity index is 2.02. The van der Waals surface area contributed by atoms with Crippen LogP contribution in [-0.4, -0.2) is 41.0 Å². The smallest absolute Gasteiger partial charge is 0.134 e. The number of nitrogens with one attached hydrogen (secondary N) is 1. The number of rotatable bonds is 2. The number of anilines is 1. The van der Waals surface area contributed by atoms with Gasteiger partial charge in [-0.2, -0.15) is 0 Å². The summed E-state index contributed by atoms with van der Waals surface area (Å²) in [4.78, 5) is 10.5. The van der Waals surface area contributed by atoms with Crippen molar-refractivity contribution >= 4 is 17.4 Å². The second kappa shape index (κ2) is 3.71. The zero-order valence-electron chi connectivity index (χ0n) is 8.29. The topological polar surface area (TPSA) is 41.1 Å². The molecular formula is C9H13ClN4. The van der Waals surface area contributed by atoms with Crippen LogP contribution in [0.1, 0.15) is 5.82 Å². The largest absolute Gasteiger partial charge is 0.365 e. The van der Waals surface area contributed by atoms with E-state index >= 15 is 0 Å². The Kier molecular flexibility index (Phi) is 2.56. The lowest BCUT2D eigenvalue weighted by Crippen LogP contribution is -2.52. The molecule has 0 radical (unpaired) electrons. The fourth-order valence-corrected chi connectivity index (χ4v) is 1.83. The number of aromatic nitrogens is 2. The van der Waals surface area contributed by atoms with Crippen LogP contribution in [0.5, 0.6) is 0 Å². The Hall–Kier alpha value is -0.870. The van der Waals surface area contributed by atoms with Crippen molar-refractivity contribution in [1.29, 1.82) is 0 Å². The summed E-state index contributed by atoms with van der Waals surface area (Å²) in [6.45, 7) is 3.95. The van der Waals surface area contributed by atoms with Crippen LogP contribution in [0.4, 0.5) is 5.82 Å². The summed E-state index contributed by atoms with van der Waals surface area (Å²) in [6.07, 6.45) is 0. The Morgan fingerprint density at radius 3 is 2.79 bits per heavy atom. The van der Waals surface area contributed by atoms with E-state index < -0.39 is 0 Å². The molecule has 0 unspecified atom stereocenters. The van der Waals surface area contributed by atoms with Gasteiger partial charge in [-0.1, -0.05) is 11.6 Å². The van der Waals surface area contributed by atoms with Crippen molar-refractivity contribution in [2.45, 2.75) is 13.0 Å². The first-order chi connectivity index (χ1) is 6.63. The van der Waals surface area contributed by atoms with Gasteiger partial charge in [0.2, 0.25) is 0 Å². The van der Waals surface area contributed by atoms with Gasteiger partial charge in [-0.3, -0.25) is 0 Å². The molecule has 0 aliphatic carbocycles. The van der Waals surface area contributed by atoms with E-state index in [1.165, 1.54) is 0 Å². The monoisotopic (exact) mass is 212 g/mol. The predicted molar refractivity (Wildman–Crippen MR) is 56.7 cm³/mol. The summed E-state index contributed by atoms with van der Waals surface area (Å²) >= 11 is 5.82. The van der Waals surface area contributed by atoms with Gasteiger partial charge in [0.15, 0.2) is 0 Å². The zero-order chi connectivity index (χ0) is 10.1. The normalized spacial score (nSPS) is 17.9. The number of nitrogens with zero attached hydrogens (tertiary/aromatic N) is 3. The highest BCUT2D eigenvalue weighted by molar-refractivity contribution is 6.29. The van der Waals surface area contributed by atoms with Gasteiger partial charge in [0.25, 0.3) is 0 Å². The fourth-order valence-electron chi connectivity index (χ4n) is 1.60. The average Bonchev–Trinajstić information content (AvgIpc) is 1.99. The molecule has 0 amide bonds. The van der Waals surface area contributed by atoms with E-state index in [1.807, 2.05) is 6.92 Å². The molecule has 2 rings (SSSR count). The summed E-state index contributed by atoms with van der Waals surface area (Å²) in [7, 11) is 2.09. The quantitative estimate of drug-likeness (QED) is 0.748. The van der Waals surface area contributed by atoms with E-state index in [2.05, 4.69) is 27.2 Å². The van der Waals surface area contributed by atoms with Crippen LogP contribution >= 0.6 is 11.6 Å². The van der Waals surface area contributed by atoms with Crippen LogP contribution in [0.25, 0.3) is 0 Å². The lowest BCUT2D eigenvalue weighted by atomic mass is 10.1. The lowest BCUT2D eigenvalue weighted by molar-refractivity contribution is 0.205. The Morgan fingerprint density at radius 2 is 2.21 bits per heavy atom. The Morgan fingerprint density at radius 1 is 1.50 bits per heavy atom. The van der Waals surface area contributed by atoms with Crippen LogP contribution in [0.3, 0.4) is 0 Å². The number of aryl methyl sites for hydroxylation is 1. The molecule has 1 aliphatic rings. The van der Waals surface area contributed by atoms with Crippen molar-refractivity contribution in [3.63, 3.8) is 0 Å². The van der Waals surface area contributed by atoms with Crippen molar-refractivity contribution in [1.82, 2.24) is 14.9 Å². The van der Waals surface area contributed by atoms with Crippen molar-refractivity contribution in [3.05, 3.63) is 17.0 Å². The van der Waals surface area contributed by atoms with E-state index in [0.29, 0.717) is 17.0 Å². The minimum Gasteiger partial charge on any atom is -0.365 e. The van der Waals surface area contributed by atoms with Crippen LogP contribution in [-0.2, 0) is 0 Å². The van der Waals surface area contributed by atoms with Gasteiger partial charge >= 0.3 is 0 Å². The van der Waals surface area contributed by atoms with Gasteiger partial charge in [-0.25, -0.2) is 9.97 Å². The zero-order valence-corrected chi connectivity index (χ0v) is 9.04. The highest BCUT2D eigenvalue weighted by atomic mass is 35.5. The molecule has 1 N–H and O–H groups in total. The molecule has 0 atom stereocenters. The first-order valence-corrected chi connectivity index (χ1v) is 4.97. The Labute approximate surface area is 88.3 Å². The highest BCUT2D eigenvalue weighted by Gasteiger charge is 2.23. The molecule has 1 fully saturated rings. The Bertz CT molecular complexity index is 315. The summed E-state index contributed by atoms with van der Waals surface area (Å²) < 4.78 is 0. The van der Waals surface area contributed by atoms with Gasteiger partial charge in [0.05, 0.1) is 6.04 Å². The van der Waals surface area contributed by atoms with Crippen LogP contribution < -0.4 is 5.32 Å². The second-order valence-electron chi connectivity index (χ2n) is 3.69. The van der Waals surface area contributed by atoms with Gasteiger partial charge < -0.3 is 10.2 Å². The van der Waals surface area contributed by atoms with Gasteiger partial charge in [0.1, 0.15) is 16.8 Å². The minimum atomic E-state index is 0.491. The number of likely N-dealkylation sites (N-methyl/N-ethyl adjacent to an activating group) is 1. The van der Waals surface area contributed by atoms with Crippen molar-refractivity contribution in [3.8, 4) is 0 Å². The standard InChI is InChI=1S/C9H13ClN4/c1-6-11-8(10)3-9(12-6)13-7-4-14(2)5-7/h3,7H,4-5H2,1-2H3,(H,11,12,13). The molecular weight excluding hydrogens is 200 g/mol. The number of likely N-dealkylation sites (tertiary alicyclic amines) is 1. The molecule has 2 heterocycles. The summed E-state index contributed by atoms with van der Waals surface area (Å²) in [5.41, 5.74) is 0. The van der Waals surface area contributed by atoms with Crippen LogP contribution in [0.2, 0.25) is 5.15 Å². The van der Waals surface area contributed by atoms with Crippen molar-refractivity contribution in [2.75, 3.05) is 25.5 Å². The molecule has 5 heteroatoms. The first-order valence-electron chi connectivity index (χ1n) is 4.60. The molecule has 1 aromatic heterocycles. The maximum Gasteiger partial charge on any atom is 0.134 e. The summed E-state index contributed by atoms with van der Waals surface area (Å²) in [5, 5.41) is 3.81. The van der Waals surface area contributed by atoms with E-state index in [1.54, 1.807) is 6.07 Å². The highest BCUT2D eigenvalue weighted by Crippen LogP contribution is 2.15. The van der Waals surface area contributed by atoms with Crippen LogP contribution in [0, 0.1) is 6.92 Å². The second-order valence-corrected chi connectivity index (χ2v) is 4.07. The van der Waals surface area contributed by atoms with Gasteiger partial charge in [-0.15, -0.1) is 0 Å². The molecule has 0 aromatic carbocycles. The molecule has 0 bridgehead atoms. The number of halogens is 1. The summed E-state index contributed by atoms with van der Waals surface area (Å²) in [6, 6.07) is 2.25. The molecule has 1 aliphatic heterocycles. The molecule has 0 spiro atoms. The van der Waals surface area contributed by atoms with E-state index in [0.717, 1.165) is 18.9 Å². The van der Waals surface area contributed by atoms with E-state index in [4.69, 9.17) is 11.6 Å². The maximum atomic E-state index is 5.82. The molecule has 14 heavy (non-hydrogen) atoms. The van der Waals surface area contributed by atoms with Gasteiger partial charge in [0, 0.05) is 19.2 Å². The molecule has 4 nitrogen and oxygen atoms in total. The maximum absolute atomic E-state index is 5.82. The molecule has 1 aromatic rings. The number of hydrogen-bond donors (Lipinski definition) is 1. The predicted octanol–water partition coefficient (Wildman–Crippen LogP) is 1.16. The van der Waals surface area contributed by atoms with E-state index in [9.17, 15) is 0 Å². The fraction of sp³-hybridized carbons (Fsp3) is 0.556. The molecule has 0 saturated carbocycles. The van der Waals surface area contributed by atoms with Gasteiger partial charge in [-0.05, 0) is 14.0 Å². The van der Waals surface area contributed by atoms with Crippen molar-refractivity contribution in [2.24, 2.45) is 0 Å². The average molecular weight is 213 g/mol. The van der Waals surface area contributed by atoms with Crippen LogP contribution in [0.15, 0.2) is 6.07 Å². The first kappa shape index (κ1) is 9.68.